The van der Waals surface area contributed by atoms with E-state index in [-0.39, 0.29) is 52.4 Å². The van der Waals surface area contributed by atoms with Gasteiger partial charge in [0, 0.05) is 17.5 Å². The van der Waals surface area contributed by atoms with Crippen LogP contribution in [0.4, 0.5) is 37.8 Å². The molecule has 3 fully saturated rings. The molecule has 3 aromatic rings. The van der Waals surface area contributed by atoms with Gasteiger partial charge < -0.3 is 20.1 Å². The van der Waals surface area contributed by atoms with E-state index < -0.39 is 40.8 Å². The molecule has 2 N–H and O–H groups in total. The fraction of sp³-hybridized carbons (Fsp3) is 0.536. The summed E-state index contributed by atoms with van der Waals surface area (Å²) in [7, 11) is 0. The zero-order chi connectivity index (χ0) is 29.9. The number of nitrogens with zero attached hydrogens (tertiary/aromatic N) is 4. The summed E-state index contributed by atoms with van der Waals surface area (Å²) in [4.78, 5) is 5.71. The highest BCUT2D eigenvalue weighted by atomic mass is 19.4. The van der Waals surface area contributed by atoms with Crippen molar-refractivity contribution in [2.75, 3.05) is 23.4 Å². The molecule has 2 aromatic heterocycles. The first-order chi connectivity index (χ1) is 19.1. The molecule has 0 aliphatic carbocycles. The summed E-state index contributed by atoms with van der Waals surface area (Å²) < 4.78 is 93.8. The van der Waals surface area contributed by atoms with Gasteiger partial charge in [0.15, 0.2) is 11.5 Å². The third kappa shape index (κ3) is 5.29. The number of ether oxygens (including phenoxy) is 1. The average Bonchev–Trinajstić information content (AvgIpc) is 3.24. The second-order valence-corrected chi connectivity index (χ2v) is 11.3. The zero-order valence-electron chi connectivity index (χ0n) is 23.0. The van der Waals surface area contributed by atoms with Crippen LogP contribution in [0, 0.1) is 12.7 Å². The van der Waals surface area contributed by atoms with Gasteiger partial charge in [-0.3, -0.25) is 0 Å². The van der Waals surface area contributed by atoms with E-state index >= 15 is 4.39 Å². The number of fused-ring (bicyclic) bond motifs is 5. The number of nitrogens with one attached hydrogen (secondary N) is 1. The van der Waals surface area contributed by atoms with Gasteiger partial charge in [0.2, 0.25) is 0 Å². The summed E-state index contributed by atoms with van der Waals surface area (Å²) in [6.45, 7) is 5.35. The molecule has 2 bridgehead atoms. The summed E-state index contributed by atoms with van der Waals surface area (Å²) in [5, 5.41) is 21.2. The highest BCUT2D eigenvalue weighted by Gasteiger charge is 2.49. The Morgan fingerprint density at radius 2 is 1.85 bits per heavy atom. The standard InChI is InChI=1S/C28H31F6N5O2/c1-14(18-9-6-10-20(22(18)29)27(30,31)26(3,4)40)35-25-19-11-21(39-12-17-8-5-7-16(39)13-41-17)24(28(32,33)34)36-23(19)15(2)37-38-25/h6,9-11,14,16-17,40H,5,7-8,12-13H2,1-4H3,(H,35,38)/t14-,16?,17?/m1/s1. The smallest absolute Gasteiger partial charge is 0.384 e. The van der Waals surface area contributed by atoms with Crippen LogP contribution < -0.4 is 10.2 Å². The SMILES string of the molecule is Cc1nnc(N[C@H](C)c2cccc(C(F)(F)C(C)(C)O)c2F)c2cc(N3CC4CCCC3CO4)c(C(F)(F)F)nc12. The molecule has 0 amide bonds. The van der Waals surface area contributed by atoms with Crippen LogP contribution in [0.2, 0.25) is 0 Å². The first-order valence-corrected chi connectivity index (χ1v) is 13.4. The van der Waals surface area contributed by atoms with Crippen molar-refractivity contribution < 1.29 is 36.2 Å². The molecule has 13 heteroatoms. The van der Waals surface area contributed by atoms with Crippen molar-refractivity contribution in [2.45, 2.75) is 82.8 Å². The van der Waals surface area contributed by atoms with Gasteiger partial charge in [-0.1, -0.05) is 12.1 Å². The van der Waals surface area contributed by atoms with Gasteiger partial charge in [0.05, 0.1) is 47.3 Å². The quantitative estimate of drug-likeness (QED) is 0.331. The van der Waals surface area contributed by atoms with Crippen molar-refractivity contribution in [3.05, 3.63) is 52.6 Å². The molecule has 2 unspecified atom stereocenters. The Labute approximate surface area is 232 Å². The van der Waals surface area contributed by atoms with E-state index in [9.17, 15) is 27.1 Å². The minimum atomic E-state index is -4.75. The van der Waals surface area contributed by atoms with Gasteiger partial charge in [0.25, 0.3) is 0 Å². The van der Waals surface area contributed by atoms with Gasteiger partial charge in [-0.05, 0) is 59.1 Å². The van der Waals surface area contributed by atoms with Gasteiger partial charge in [-0.15, -0.1) is 5.10 Å². The lowest BCUT2D eigenvalue weighted by Gasteiger charge is -2.39. The highest BCUT2D eigenvalue weighted by molar-refractivity contribution is 5.93. The Morgan fingerprint density at radius 3 is 2.54 bits per heavy atom. The molecule has 3 aliphatic rings. The minimum Gasteiger partial charge on any atom is -0.384 e. The van der Waals surface area contributed by atoms with E-state index in [1.54, 1.807) is 4.90 Å². The van der Waals surface area contributed by atoms with Crippen LogP contribution in [0.25, 0.3) is 10.9 Å². The number of hydrogen-bond donors (Lipinski definition) is 2. The number of hydrogen-bond acceptors (Lipinski definition) is 7. The van der Waals surface area contributed by atoms with Gasteiger partial charge in [-0.25, -0.2) is 9.37 Å². The van der Waals surface area contributed by atoms with Crippen LogP contribution in [0.5, 0.6) is 0 Å². The maximum Gasteiger partial charge on any atom is 0.435 e. The molecule has 5 heterocycles. The predicted octanol–water partition coefficient (Wildman–Crippen LogP) is 6.28. The van der Waals surface area contributed by atoms with E-state index in [2.05, 4.69) is 20.5 Å². The van der Waals surface area contributed by atoms with Crippen molar-refractivity contribution in [3.8, 4) is 0 Å². The number of alkyl halides is 5. The number of anilines is 2. The first kappa shape index (κ1) is 29.3. The first-order valence-electron chi connectivity index (χ1n) is 13.4. The van der Waals surface area contributed by atoms with Crippen LogP contribution in [0.1, 0.15) is 68.6 Å². The Hall–Kier alpha value is -3.19. The Morgan fingerprint density at radius 1 is 1.12 bits per heavy atom. The van der Waals surface area contributed by atoms with Crippen molar-refractivity contribution in [2.24, 2.45) is 0 Å². The maximum atomic E-state index is 15.4. The number of aliphatic hydroxyl groups is 1. The largest absolute Gasteiger partial charge is 0.435 e. The monoisotopic (exact) mass is 583 g/mol. The summed E-state index contributed by atoms with van der Waals surface area (Å²) in [5.74, 6) is -5.09. The lowest BCUT2D eigenvalue weighted by atomic mass is 9.91. The van der Waals surface area contributed by atoms with Crippen LogP contribution in [-0.2, 0) is 16.8 Å². The Bertz CT molecular complexity index is 1450. The molecule has 0 spiro atoms. The molecule has 0 saturated carbocycles. The molecule has 41 heavy (non-hydrogen) atoms. The van der Waals surface area contributed by atoms with E-state index in [4.69, 9.17) is 4.74 Å². The molecule has 7 nitrogen and oxygen atoms in total. The average molecular weight is 584 g/mol. The number of benzene rings is 1. The normalized spacial score (nSPS) is 20.8. The summed E-state index contributed by atoms with van der Waals surface area (Å²) in [6, 6.07) is 3.61. The zero-order valence-corrected chi connectivity index (χ0v) is 23.0. The topological polar surface area (TPSA) is 83.4 Å². The maximum absolute atomic E-state index is 15.4. The summed E-state index contributed by atoms with van der Waals surface area (Å²) >= 11 is 0. The van der Waals surface area contributed by atoms with Crippen molar-refractivity contribution in [3.63, 3.8) is 0 Å². The predicted molar refractivity (Wildman–Crippen MR) is 140 cm³/mol. The fourth-order valence-corrected chi connectivity index (χ4v) is 5.51. The third-order valence-corrected chi connectivity index (χ3v) is 7.86. The molecule has 0 radical (unpaired) electrons. The number of morpholine rings is 1. The molecule has 3 aliphatic heterocycles. The van der Waals surface area contributed by atoms with E-state index in [0.29, 0.717) is 13.0 Å². The van der Waals surface area contributed by atoms with Crippen molar-refractivity contribution in [1.29, 1.82) is 0 Å². The van der Waals surface area contributed by atoms with E-state index in [1.165, 1.54) is 32.0 Å². The molecular formula is C28H31F6N5O2. The lowest BCUT2D eigenvalue weighted by Crippen LogP contribution is -2.48. The molecule has 1 aromatic carbocycles. The minimum absolute atomic E-state index is 0.0239. The van der Waals surface area contributed by atoms with Crippen LogP contribution in [0.3, 0.4) is 0 Å². The van der Waals surface area contributed by atoms with Crippen molar-refractivity contribution >= 4 is 22.4 Å². The van der Waals surface area contributed by atoms with Crippen molar-refractivity contribution in [1.82, 2.24) is 15.2 Å². The van der Waals surface area contributed by atoms with E-state index in [0.717, 1.165) is 32.8 Å². The number of halogens is 6. The van der Waals surface area contributed by atoms with E-state index in [1.807, 2.05) is 0 Å². The molecule has 3 saturated heterocycles. The van der Waals surface area contributed by atoms with Crippen LogP contribution >= 0.6 is 0 Å². The number of pyridine rings is 1. The third-order valence-electron chi connectivity index (χ3n) is 7.86. The molecule has 6 rings (SSSR count). The molecule has 222 valence electrons. The number of aryl methyl sites for hydroxylation is 1. The Kier molecular flexibility index (Phi) is 7.34. The summed E-state index contributed by atoms with van der Waals surface area (Å²) in [6.07, 6.45) is -2.69. The number of rotatable bonds is 6. The summed E-state index contributed by atoms with van der Waals surface area (Å²) in [5.41, 5.74) is -4.68. The lowest BCUT2D eigenvalue weighted by molar-refractivity contribution is -0.170. The highest BCUT2D eigenvalue weighted by Crippen LogP contribution is 2.43. The van der Waals surface area contributed by atoms with Crippen LogP contribution in [0.15, 0.2) is 24.3 Å². The van der Waals surface area contributed by atoms with Crippen LogP contribution in [-0.4, -0.2) is 51.2 Å². The van der Waals surface area contributed by atoms with Gasteiger partial charge >= 0.3 is 12.1 Å². The fourth-order valence-electron chi connectivity index (χ4n) is 5.51. The number of aromatic nitrogens is 3. The molecule has 3 atom stereocenters. The second kappa shape index (κ2) is 10.3. The van der Waals surface area contributed by atoms with Gasteiger partial charge in [0.1, 0.15) is 11.4 Å². The Balaban J connectivity index is 1.59. The van der Waals surface area contributed by atoms with Gasteiger partial charge in [-0.2, -0.15) is 27.1 Å². The molecular weight excluding hydrogens is 552 g/mol. The second-order valence-electron chi connectivity index (χ2n) is 11.3.